The molecule has 10 heteroatoms. The Balaban J connectivity index is 1.93. The summed E-state index contributed by atoms with van der Waals surface area (Å²) in [6, 6.07) is 5.91. The summed E-state index contributed by atoms with van der Waals surface area (Å²) in [6.45, 7) is 2.51. The predicted molar refractivity (Wildman–Crippen MR) is 105 cm³/mol. The summed E-state index contributed by atoms with van der Waals surface area (Å²) >= 11 is 0. The molecule has 4 aromatic rings. The van der Waals surface area contributed by atoms with Gasteiger partial charge >= 0.3 is 6.18 Å². The van der Waals surface area contributed by atoms with Crippen LogP contribution in [0.2, 0.25) is 0 Å². The average molecular weight is 416 g/mol. The van der Waals surface area contributed by atoms with E-state index in [1.165, 1.54) is 24.4 Å². The Morgan fingerprint density at radius 3 is 2.50 bits per heavy atom. The Morgan fingerprint density at radius 2 is 1.87 bits per heavy atom. The van der Waals surface area contributed by atoms with Gasteiger partial charge in [-0.2, -0.15) is 18.3 Å². The minimum atomic E-state index is -4.82. The number of anilines is 1. The Kier molecular flexibility index (Phi) is 4.35. The van der Waals surface area contributed by atoms with E-state index < -0.39 is 11.8 Å². The standard InChI is InChI=1S/C20H19F3N6O/c1-11-4-5-12(19(2,30)20(21,22)23)8-13(11)16-9-25-18-17(24)27-14(10-29(16)18)15-6-7-26-28(15)3/h4-10,30H,1-3H3,(H2,24,27). The number of imidazole rings is 1. The topological polar surface area (TPSA) is 94.3 Å². The highest BCUT2D eigenvalue weighted by atomic mass is 19.4. The number of nitrogen functional groups attached to an aromatic ring is 1. The Bertz CT molecular complexity index is 1260. The molecule has 0 bridgehead atoms. The summed E-state index contributed by atoms with van der Waals surface area (Å²) in [6.07, 6.45) is 0.0347. The number of benzene rings is 1. The van der Waals surface area contributed by atoms with Gasteiger partial charge in [0.2, 0.25) is 0 Å². The van der Waals surface area contributed by atoms with Crippen molar-refractivity contribution in [2.24, 2.45) is 7.05 Å². The number of nitrogens with zero attached hydrogens (tertiary/aromatic N) is 5. The number of hydrogen-bond donors (Lipinski definition) is 2. The molecular formula is C20H19F3N6O. The first-order valence-electron chi connectivity index (χ1n) is 9.03. The van der Waals surface area contributed by atoms with Gasteiger partial charge in [-0.3, -0.25) is 9.08 Å². The number of aliphatic hydroxyl groups is 1. The zero-order valence-electron chi connectivity index (χ0n) is 16.4. The van der Waals surface area contributed by atoms with Crippen molar-refractivity contribution >= 4 is 11.5 Å². The zero-order chi connectivity index (χ0) is 21.8. The summed E-state index contributed by atoms with van der Waals surface area (Å²) in [5, 5.41) is 14.2. The quantitative estimate of drug-likeness (QED) is 0.534. The third kappa shape index (κ3) is 3.00. The van der Waals surface area contributed by atoms with E-state index in [9.17, 15) is 18.3 Å². The van der Waals surface area contributed by atoms with Crippen LogP contribution in [0.5, 0.6) is 0 Å². The third-order valence-corrected chi connectivity index (χ3v) is 5.23. The van der Waals surface area contributed by atoms with Gasteiger partial charge in [0.1, 0.15) is 5.69 Å². The van der Waals surface area contributed by atoms with Crippen LogP contribution in [0.3, 0.4) is 0 Å². The van der Waals surface area contributed by atoms with Crippen LogP contribution in [0.25, 0.3) is 28.3 Å². The molecule has 3 N–H and O–H groups in total. The van der Waals surface area contributed by atoms with Gasteiger partial charge in [-0.25, -0.2) is 9.97 Å². The first-order valence-corrected chi connectivity index (χ1v) is 9.03. The van der Waals surface area contributed by atoms with Gasteiger partial charge in [-0.1, -0.05) is 12.1 Å². The highest BCUT2D eigenvalue weighted by Crippen LogP contribution is 2.40. The summed E-state index contributed by atoms with van der Waals surface area (Å²) in [5.74, 6) is 0.177. The molecule has 0 spiro atoms. The van der Waals surface area contributed by atoms with E-state index in [1.54, 1.807) is 41.5 Å². The molecule has 7 nitrogen and oxygen atoms in total. The molecule has 0 aliphatic heterocycles. The van der Waals surface area contributed by atoms with Crippen molar-refractivity contribution in [3.05, 3.63) is 54.0 Å². The lowest BCUT2D eigenvalue weighted by Gasteiger charge is -2.27. The molecule has 3 heterocycles. The van der Waals surface area contributed by atoms with Gasteiger partial charge < -0.3 is 10.8 Å². The zero-order valence-corrected chi connectivity index (χ0v) is 16.4. The molecule has 156 valence electrons. The highest BCUT2D eigenvalue weighted by molar-refractivity contribution is 5.74. The highest BCUT2D eigenvalue weighted by Gasteiger charge is 2.51. The largest absolute Gasteiger partial charge is 0.421 e. The van der Waals surface area contributed by atoms with Crippen LogP contribution in [-0.4, -0.2) is 35.4 Å². The summed E-state index contributed by atoms with van der Waals surface area (Å²) in [5.41, 5.74) is 6.20. The van der Waals surface area contributed by atoms with Crippen LogP contribution in [0.15, 0.2) is 42.9 Å². The number of halogens is 3. The van der Waals surface area contributed by atoms with Crippen molar-refractivity contribution in [1.29, 1.82) is 0 Å². The summed E-state index contributed by atoms with van der Waals surface area (Å²) in [4.78, 5) is 8.66. The monoisotopic (exact) mass is 416 g/mol. The molecule has 0 aliphatic rings. The molecule has 1 unspecified atom stereocenters. The van der Waals surface area contributed by atoms with Gasteiger partial charge in [0.05, 0.1) is 17.6 Å². The first kappa shape index (κ1) is 19.9. The van der Waals surface area contributed by atoms with Gasteiger partial charge in [0, 0.05) is 25.0 Å². The maximum atomic E-state index is 13.3. The van der Waals surface area contributed by atoms with Crippen LogP contribution < -0.4 is 5.73 Å². The van der Waals surface area contributed by atoms with E-state index in [0.717, 1.165) is 12.5 Å². The molecule has 0 aliphatic carbocycles. The molecule has 0 fully saturated rings. The first-order chi connectivity index (χ1) is 14.0. The van der Waals surface area contributed by atoms with E-state index in [2.05, 4.69) is 15.1 Å². The predicted octanol–water partition coefficient (Wildman–Crippen LogP) is 3.46. The van der Waals surface area contributed by atoms with Crippen LogP contribution in [0.1, 0.15) is 18.1 Å². The Labute approximate surface area is 169 Å². The van der Waals surface area contributed by atoms with Crippen molar-refractivity contribution in [3.8, 4) is 22.6 Å². The molecule has 1 aromatic carbocycles. The van der Waals surface area contributed by atoms with Crippen molar-refractivity contribution < 1.29 is 18.3 Å². The van der Waals surface area contributed by atoms with E-state index >= 15 is 0 Å². The second-order valence-corrected chi connectivity index (χ2v) is 7.29. The van der Waals surface area contributed by atoms with Crippen LogP contribution >= 0.6 is 0 Å². The fourth-order valence-electron chi connectivity index (χ4n) is 3.32. The number of nitrogens with two attached hydrogens (primary N) is 1. The molecule has 0 radical (unpaired) electrons. The van der Waals surface area contributed by atoms with E-state index in [0.29, 0.717) is 28.3 Å². The average Bonchev–Trinajstić information content (AvgIpc) is 3.27. The number of aryl methyl sites for hydroxylation is 2. The van der Waals surface area contributed by atoms with E-state index in [4.69, 9.17) is 5.73 Å². The molecule has 0 amide bonds. The van der Waals surface area contributed by atoms with E-state index in [-0.39, 0.29) is 11.4 Å². The maximum Gasteiger partial charge on any atom is 0.421 e. The number of fused-ring (bicyclic) bond motifs is 1. The molecule has 1 atom stereocenters. The second kappa shape index (κ2) is 6.56. The lowest BCUT2D eigenvalue weighted by Crippen LogP contribution is -2.39. The summed E-state index contributed by atoms with van der Waals surface area (Å²) in [7, 11) is 1.76. The minimum absolute atomic E-state index is 0.177. The smallest absolute Gasteiger partial charge is 0.381 e. The van der Waals surface area contributed by atoms with Gasteiger partial charge in [0.25, 0.3) is 0 Å². The van der Waals surface area contributed by atoms with E-state index in [1.807, 2.05) is 0 Å². The van der Waals surface area contributed by atoms with Crippen molar-refractivity contribution in [1.82, 2.24) is 24.1 Å². The summed E-state index contributed by atoms with van der Waals surface area (Å²) < 4.78 is 43.4. The lowest BCUT2D eigenvalue weighted by molar-refractivity contribution is -0.258. The van der Waals surface area contributed by atoms with Gasteiger partial charge in [-0.15, -0.1) is 0 Å². The SMILES string of the molecule is Cc1ccc(C(C)(O)C(F)(F)F)cc1-c1cnc2c(N)nc(-c3ccnn3C)cn12. The van der Waals surface area contributed by atoms with Crippen molar-refractivity contribution in [2.45, 2.75) is 25.6 Å². The lowest BCUT2D eigenvalue weighted by atomic mass is 9.91. The Hall–Kier alpha value is -3.40. The normalized spacial score (nSPS) is 14.2. The Morgan fingerprint density at radius 1 is 1.13 bits per heavy atom. The molecule has 0 saturated carbocycles. The molecule has 0 saturated heterocycles. The van der Waals surface area contributed by atoms with Gasteiger partial charge in [0.15, 0.2) is 17.1 Å². The van der Waals surface area contributed by atoms with Gasteiger partial charge in [-0.05, 0) is 37.1 Å². The van der Waals surface area contributed by atoms with Crippen molar-refractivity contribution in [2.75, 3.05) is 5.73 Å². The third-order valence-electron chi connectivity index (χ3n) is 5.23. The molecule has 3 aromatic heterocycles. The molecular weight excluding hydrogens is 397 g/mol. The van der Waals surface area contributed by atoms with Crippen LogP contribution in [0.4, 0.5) is 19.0 Å². The van der Waals surface area contributed by atoms with Crippen molar-refractivity contribution in [3.63, 3.8) is 0 Å². The number of rotatable bonds is 3. The number of alkyl halides is 3. The number of hydrogen-bond acceptors (Lipinski definition) is 5. The second-order valence-electron chi connectivity index (χ2n) is 7.29. The molecule has 4 rings (SSSR count). The fraction of sp³-hybridized carbons (Fsp3) is 0.250. The van der Waals surface area contributed by atoms with Crippen LogP contribution in [-0.2, 0) is 12.6 Å². The van der Waals surface area contributed by atoms with Crippen LogP contribution in [0, 0.1) is 6.92 Å². The fourth-order valence-corrected chi connectivity index (χ4v) is 3.32. The maximum absolute atomic E-state index is 13.3. The minimum Gasteiger partial charge on any atom is -0.381 e. The molecule has 30 heavy (non-hydrogen) atoms. The number of aromatic nitrogens is 5.